The molecular weight excluding hydrogens is 404 g/mol. The molecule has 0 aliphatic heterocycles. The van der Waals surface area contributed by atoms with Crippen LogP contribution < -0.4 is 9.46 Å². The molecule has 1 saturated carbocycles. The zero-order valence-electron chi connectivity index (χ0n) is 15.4. The number of sulfonamides is 1. The minimum Gasteiger partial charge on any atom is -0.492 e. The van der Waals surface area contributed by atoms with Gasteiger partial charge in [-0.05, 0) is 61.6 Å². The molecule has 1 aromatic heterocycles. The summed E-state index contributed by atoms with van der Waals surface area (Å²) >= 11 is 0. The largest absolute Gasteiger partial charge is 0.492 e. The summed E-state index contributed by atoms with van der Waals surface area (Å²) in [6.45, 7) is 1.78. The number of carbonyl (C=O) groups is 1. The van der Waals surface area contributed by atoms with Crippen LogP contribution in [0.3, 0.4) is 0 Å². The number of nitrogens with one attached hydrogen (secondary N) is 1. The quantitative estimate of drug-likeness (QED) is 0.648. The summed E-state index contributed by atoms with van der Waals surface area (Å²) in [4.78, 5) is 11.9. The van der Waals surface area contributed by atoms with Crippen LogP contribution in [0.1, 0.15) is 41.8 Å². The van der Waals surface area contributed by atoms with Crippen molar-refractivity contribution in [1.82, 2.24) is 4.72 Å². The van der Waals surface area contributed by atoms with Gasteiger partial charge in [0.05, 0.1) is 12.0 Å². The van der Waals surface area contributed by atoms with E-state index in [0.29, 0.717) is 0 Å². The predicted octanol–water partition coefficient (Wildman–Crippen LogP) is 4.11. The highest BCUT2D eigenvalue weighted by Crippen LogP contribution is 2.41. The minimum atomic E-state index is -4.46. The van der Waals surface area contributed by atoms with E-state index in [1.165, 1.54) is 6.07 Å². The summed E-state index contributed by atoms with van der Waals surface area (Å²) in [5.41, 5.74) is 0.945. The second-order valence-corrected chi connectivity index (χ2v) is 8.41. The molecule has 1 aliphatic rings. The van der Waals surface area contributed by atoms with Crippen LogP contribution >= 0.6 is 0 Å². The van der Waals surface area contributed by atoms with Crippen molar-refractivity contribution < 1.29 is 31.1 Å². The Labute approximate surface area is 165 Å². The molecule has 152 valence electrons. The predicted molar refractivity (Wildman–Crippen MR) is 100 cm³/mol. The number of ether oxygens (including phenoxy) is 1. The molecule has 1 amide bonds. The van der Waals surface area contributed by atoms with Gasteiger partial charge < -0.3 is 9.15 Å². The number of benzene rings is 2. The van der Waals surface area contributed by atoms with Gasteiger partial charge in [-0.2, -0.15) is 0 Å². The number of furan rings is 1. The summed E-state index contributed by atoms with van der Waals surface area (Å²) in [7, 11) is -4.46. The number of fused-ring (bicyclic) bond motifs is 1. The molecule has 1 N–H and O–H groups in total. The summed E-state index contributed by atoms with van der Waals surface area (Å²) in [6, 6.07) is 7.15. The SMILES string of the molecule is CCOc1ccc(F)cc1S(=O)(=O)NC(=O)c1cc2c(F)cc(C3CC3)cc2o1. The number of amides is 1. The van der Waals surface area contributed by atoms with Crippen molar-refractivity contribution >= 4 is 26.9 Å². The maximum absolute atomic E-state index is 14.3. The molecule has 0 saturated heterocycles. The molecule has 0 unspecified atom stereocenters. The molecule has 0 spiro atoms. The third-order valence-electron chi connectivity index (χ3n) is 4.60. The van der Waals surface area contributed by atoms with Crippen molar-refractivity contribution in [3.63, 3.8) is 0 Å². The lowest BCUT2D eigenvalue weighted by Gasteiger charge is -2.11. The van der Waals surface area contributed by atoms with Crippen LogP contribution in [-0.2, 0) is 10.0 Å². The Balaban J connectivity index is 1.65. The van der Waals surface area contributed by atoms with Crippen molar-refractivity contribution in [2.75, 3.05) is 6.61 Å². The van der Waals surface area contributed by atoms with Gasteiger partial charge in [-0.15, -0.1) is 0 Å². The van der Waals surface area contributed by atoms with E-state index in [1.54, 1.807) is 13.0 Å². The topological polar surface area (TPSA) is 85.6 Å². The number of carbonyl (C=O) groups excluding carboxylic acids is 1. The Kier molecular flexibility index (Phi) is 4.77. The maximum atomic E-state index is 14.3. The zero-order valence-corrected chi connectivity index (χ0v) is 16.2. The lowest BCUT2D eigenvalue weighted by molar-refractivity contribution is 0.0956. The Morgan fingerprint density at radius 1 is 1.21 bits per heavy atom. The van der Waals surface area contributed by atoms with Crippen LogP contribution in [0.5, 0.6) is 5.75 Å². The molecule has 4 rings (SSSR count). The van der Waals surface area contributed by atoms with E-state index >= 15 is 0 Å². The molecule has 0 atom stereocenters. The molecule has 29 heavy (non-hydrogen) atoms. The van der Waals surface area contributed by atoms with E-state index in [2.05, 4.69) is 0 Å². The fourth-order valence-electron chi connectivity index (χ4n) is 3.07. The van der Waals surface area contributed by atoms with Crippen LogP contribution in [0.4, 0.5) is 8.78 Å². The van der Waals surface area contributed by atoms with E-state index in [4.69, 9.17) is 9.15 Å². The molecule has 0 radical (unpaired) electrons. The van der Waals surface area contributed by atoms with E-state index in [-0.39, 0.29) is 35.0 Å². The summed E-state index contributed by atoms with van der Waals surface area (Å²) in [5.74, 6) is -2.64. The van der Waals surface area contributed by atoms with Gasteiger partial charge in [-0.1, -0.05) is 0 Å². The molecular formula is C20H17F2NO5S. The van der Waals surface area contributed by atoms with E-state index < -0.39 is 32.5 Å². The van der Waals surface area contributed by atoms with Gasteiger partial charge in [-0.3, -0.25) is 4.79 Å². The number of hydrogen-bond acceptors (Lipinski definition) is 5. The second kappa shape index (κ2) is 7.14. The van der Waals surface area contributed by atoms with Crippen molar-refractivity contribution in [2.45, 2.75) is 30.6 Å². The molecule has 6 nitrogen and oxygen atoms in total. The monoisotopic (exact) mass is 421 g/mol. The van der Waals surface area contributed by atoms with Crippen molar-refractivity contribution in [1.29, 1.82) is 0 Å². The van der Waals surface area contributed by atoms with Gasteiger partial charge >= 0.3 is 5.91 Å². The fraction of sp³-hybridized carbons (Fsp3) is 0.250. The normalized spacial score (nSPS) is 14.2. The first-order valence-electron chi connectivity index (χ1n) is 9.01. The Bertz CT molecular complexity index is 1220. The van der Waals surface area contributed by atoms with Crippen LogP contribution in [0.2, 0.25) is 0 Å². The van der Waals surface area contributed by atoms with Crippen molar-refractivity contribution in [2.24, 2.45) is 0 Å². The molecule has 2 aromatic carbocycles. The van der Waals surface area contributed by atoms with Gasteiger partial charge in [0, 0.05) is 6.07 Å². The highest BCUT2D eigenvalue weighted by atomic mass is 32.2. The van der Waals surface area contributed by atoms with Crippen LogP contribution in [-0.4, -0.2) is 20.9 Å². The minimum absolute atomic E-state index is 0.0812. The van der Waals surface area contributed by atoms with Crippen LogP contribution in [0, 0.1) is 11.6 Å². The molecule has 3 aromatic rings. The summed E-state index contributed by atoms with van der Waals surface area (Å²) in [5, 5.41) is 0.0812. The first kappa shape index (κ1) is 19.4. The standard InChI is InChI=1S/C20H17F2NO5S/c1-2-27-16-6-5-13(21)9-19(16)29(25,26)23-20(24)18-10-14-15(22)7-12(11-3-4-11)8-17(14)28-18/h5-11H,2-4H2,1H3,(H,23,24). The van der Waals surface area contributed by atoms with Crippen molar-refractivity contribution in [3.8, 4) is 5.75 Å². The average molecular weight is 421 g/mol. The van der Waals surface area contributed by atoms with Crippen molar-refractivity contribution in [3.05, 3.63) is 59.4 Å². The van der Waals surface area contributed by atoms with E-state index in [9.17, 15) is 22.0 Å². The lowest BCUT2D eigenvalue weighted by atomic mass is 10.1. The van der Waals surface area contributed by atoms with Crippen LogP contribution in [0.25, 0.3) is 11.0 Å². The number of halogens is 2. The Morgan fingerprint density at radius 3 is 2.66 bits per heavy atom. The van der Waals surface area contributed by atoms with E-state index in [0.717, 1.165) is 42.7 Å². The van der Waals surface area contributed by atoms with Gasteiger partial charge in [0.2, 0.25) is 0 Å². The zero-order chi connectivity index (χ0) is 20.8. The lowest BCUT2D eigenvalue weighted by Crippen LogP contribution is -2.30. The maximum Gasteiger partial charge on any atom is 0.300 e. The molecule has 1 heterocycles. The second-order valence-electron chi connectivity index (χ2n) is 6.76. The number of hydrogen-bond donors (Lipinski definition) is 1. The van der Waals surface area contributed by atoms with Gasteiger partial charge in [0.25, 0.3) is 10.0 Å². The average Bonchev–Trinajstić information content (AvgIpc) is 3.41. The van der Waals surface area contributed by atoms with Gasteiger partial charge in [0.15, 0.2) is 5.76 Å². The van der Waals surface area contributed by atoms with Gasteiger partial charge in [0.1, 0.15) is 27.9 Å². The molecule has 0 bridgehead atoms. The van der Waals surface area contributed by atoms with E-state index in [1.807, 2.05) is 4.72 Å². The first-order chi connectivity index (χ1) is 13.8. The third-order valence-corrected chi connectivity index (χ3v) is 5.96. The molecule has 9 heteroatoms. The third kappa shape index (κ3) is 3.82. The molecule has 1 fully saturated rings. The highest BCUT2D eigenvalue weighted by Gasteiger charge is 2.28. The Hall–Kier alpha value is -2.94. The summed E-state index contributed by atoms with van der Waals surface area (Å²) < 4.78 is 65.5. The van der Waals surface area contributed by atoms with Crippen LogP contribution in [0.15, 0.2) is 45.7 Å². The van der Waals surface area contributed by atoms with Gasteiger partial charge in [-0.25, -0.2) is 21.9 Å². The first-order valence-corrected chi connectivity index (χ1v) is 10.5. The molecule has 1 aliphatic carbocycles. The Morgan fingerprint density at radius 2 is 1.97 bits per heavy atom. The smallest absolute Gasteiger partial charge is 0.300 e. The summed E-state index contributed by atoms with van der Waals surface area (Å²) in [6.07, 6.45) is 1.93. The number of rotatable bonds is 6. The fourth-order valence-corrected chi connectivity index (χ4v) is 4.19. The highest BCUT2D eigenvalue weighted by molar-refractivity contribution is 7.90.